The van der Waals surface area contributed by atoms with Crippen molar-refractivity contribution < 1.29 is 4.42 Å². The van der Waals surface area contributed by atoms with Crippen LogP contribution in [-0.4, -0.2) is 0 Å². The summed E-state index contributed by atoms with van der Waals surface area (Å²) in [4.78, 5) is 2.40. The van der Waals surface area contributed by atoms with E-state index < -0.39 is 5.41 Å². The zero-order chi connectivity index (χ0) is 45.7. The van der Waals surface area contributed by atoms with Gasteiger partial charge in [-0.25, -0.2) is 0 Å². The van der Waals surface area contributed by atoms with Crippen LogP contribution in [0.1, 0.15) is 22.3 Å². The van der Waals surface area contributed by atoms with E-state index in [9.17, 15) is 0 Å². The van der Waals surface area contributed by atoms with Crippen LogP contribution < -0.4 is 4.90 Å². The summed E-state index contributed by atoms with van der Waals surface area (Å²) in [6.07, 6.45) is 0. The molecule has 0 aliphatic heterocycles. The van der Waals surface area contributed by atoms with Gasteiger partial charge in [-0.3, -0.25) is 0 Å². The SMILES string of the molecule is c1ccc(-c2ccc(-c3ccccc3N(c3ccc(-c4ccc5oc6ccccc6c5c4)cc3)c3ccc(-c4cccc5c4-c4ccccc4C5(c4ccccc4)c4ccccc4)cc3)cc2)cc1. The average molecular weight is 880 g/mol. The van der Waals surface area contributed by atoms with Crippen LogP contribution >= 0.6 is 0 Å². The van der Waals surface area contributed by atoms with E-state index in [1.807, 2.05) is 12.1 Å². The Hall–Kier alpha value is -8.98. The molecule has 12 aromatic rings. The Bertz CT molecular complexity index is 3760. The summed E-state index contributed by atoms with van der Waals surface area (Å²) in [6, 6.07) is 99.2. The highest BCUT2D eigenvalue weighted by atomic mass is 16.3. The highest BCUT2D eigenvalue weighted by Crippen LogP contribution is 2.58. The quantitative estimate of drug-likeness (QED) is 0.144. The third-order valence-corrected chi connectivity index (χ3v) is 14.2. The number of hydrogen-bond acceptors (Lipinski definition) is 2. The van der Waals surface area contributed by atoms with Crippen molar-refractivity contribution in [3.05, 3.63) is 295 Å². The average Bonchev–Trinajstić information content (AvgIpc) is 3.96. The molecule has 0 bridgehead atoms. The number of fused-ring (bicyclic) bond motifs is 6. The minimum absolute atomic E-state index is 0.464. The Morgan fingerprint density at radius 1 is 0.290 bits per heavy atom. The van der Waals surface area contributed by atoms with Gasteiger partial charge in [0.2, 0.25) is 0 Å². The normalized spacial score (nSPS) is 12.5. The Morgan fingerprint density at radius 2 is 0.754 bits per heavy atom. The molecule has 1 aromatic heterocycles. The zero-order valence-corrected chi connectivity index (χ0v) is 37.8. The lowest BCUT2D eigenvalue weighted by atomic mass is 9.67. The van der Waals surface area contributed by atoms with Crippen LogP contribution in [0.2, 0.25) is 0 Å². The molecular formula is C67H45NO. The number of furan rings is 1. The predicted molar refractivity (Wildman–Crippen MR) is 287 cm³/mol. The minimum atomic E-state index is -0.464. The van der Waals surface area contributed by atoms with Gasteiger partial charge in [0.05, 0.1) is 11.1 Å². The van der Waals surface area contributed by atoms with Crippen LogP contribution in [0, 0.1) is 0 Å². The summed E-state index contributed by atoms with van der Waals surface area (Å²) in [5.74, 6) is 0. The fraction of sp³-hybridized carbons (Fsp3) is 0.0149. The van der Waals surface area contributed by atoms with Crippen LogP contribution in [0.4, 0.5) is 17.1 Å². The first kappa shape index (κ1) is 40.3. The van der Waals surface area contributed by atoms with Crippen molar-refractivity contribution in [1.82, 2.24) is 0 Å². The molecule has 2 heteroatoms. The number of nitrogens with zero attached hydrogens (tertiary/aromatic N) is 1. The van der Waals surface area contributed by atoms with E-state index in [4.69, 9.17) is 4.42 Å². The summed E-state index contributed by atoms with van der Waals surface area (Å²) in [7, 11) is 0. The van der Waals surface area contributed by atoms with Gasteiger partial charge in [-0.15, -0.1) is 0 Å². The van der Waals surface area contributed by atoms with Crippen LogP contribution in [0.25, 0.3) is 77.6 Å². The third-order valence-electron chi connectivity index (χ3n) is 14.2. The van der Waals surface area contributed by atoms with Crippen molar-refractivity contribution in [2.75, 3.05) is 4.90 Å². The van der Waals surface area contributed by atoms with Crippen molar-refractivity contribution in [2.24, 2.45) is 0 Å². The van der Waals surface area contributed by atoms with Crippen LogP contribution in [-0.2, 0) is 5.41 Å². The molecule has 0 saturated heterocycles. The van der Waals surface area contributed by atoms with E-state index in [0.717, 1.165) is 61.3 Å². The van der Waals surface area contributed by atoms with Gasteiger partial charge in [-0.1, -0.05) is 224 Å². The highest BCUT2D eigenvalue weighted by molar-refractivity contribution is 6.06. The van der Waals surface area contributed by atoms with Gasteiger partial charge in [0.1, 0.15) is 11.2 Å². The molecule has 1 aliphatic carbocycles. The molecule has 324 valence electrons. The summed E-state index contributed by atoms with van der Waals surface area (Å²) >= 11 is 0. The number of hydrogen-bond donors (Lipinski definition) is 0. The second-order valence-corrected chi connectivity index (χ2v) is 18.0. The Morgan fingerprint density at radius 3 is 1.46 bits per heavy atom. The molecule has 69 heavy (non-hydrogen) atoms. The van der Waals surface area contributed by atoms with Crippen molar-refractivity contribution in [3.8, 4) is 55.6 Å². The van der Waals surface area contributed by atoms with E-state index in [1.54, 1.807) is 0 Å². The van der Waals surface area contributed by atoms with Crippen molar-refractivity contribution in [2.45, 2.75) is 5.41 Å². The molecule has 0 amide bonds. The third kappa shape index (κ3) is 6.72. The Kier molecular flexibility index (Phi) is 9.77. The van der Waals surface area contributed by atoms with E-state index in [2.05, 4.69) is 266 Å². The maximum absolute atomic E-state index is 6.18. The maximum atomic E-state index is 6.18. The molecule has 0 fully saturated rings. The standard InChI is InChI=1S/C67H45NO/c1-4-17-46(18-5-1)47-31-33-49(34-32-47)56-23-11-14-29-63(56)68(54-40-35-48(36-41-54)51-39-44-65-60(45-51)58-24-12-15-30-64(58)69-65)55-42-37-50(38-43-55)57-26-16-28-62-66(57)59-25-10-13-27-61(59)67(62,52-19-6-2-7-20-52)53-21-8-3-9-22-53/h1-45H. The predicted octanol–water partition coefficient (Wildman–Crippen LogP) is 18.1. The van der Waals surface area contributed by atoms with E-state index >= 15 is 0 Å². The Labute approximate surface area is 402 Å². The molecule has 1 aliphatic rings. The molecule has 0 radical (unpaired) electrons. The van der Waals surface area contributed by atoms with Gasteiger partial charge in [0.25, 0.3) is 0 Å². The fourth-order valence-electron chi connectivity index (χ4n) is 11.0. The molecule has 11 aromatic carbocycles. The number of benzene rings is 11. The lowest BCUT2D eigenvalue weighted by Gasteiger charge is -2.34. The van der Waals surface area contributed by atoms with Crippen molar-refractivity contribution in [1.29, 1.82) is 0 Å². The number of rotatable bonds is 9. The van der Waals surface area contributed by atoms with Gasteiger partial charge in [-0.05, 0) is 121 Å². The maximum Gasteiger partial charge on any atom is 0.135 e. The molecule has 1 heterocycles. The first-order valence-corrected chi connectivity index (χ1v) is 23.7. The first-order valence-electron chi connectivity index (χ1n) is 23.7. The monoisotopic (exact) mass is 879 g/mol. The molecule has 0 spiro atoms. The molecule has 0 N–H and O–H groups in total. The minimum Gasteiger partial charge on any atom is -0.456 e. The smallest absolute Gasteiger partial charge is 0.135 e. The molecule has 13 rings (SSSR count). The first-order chi connectivity index (χ1) is 34.2. The largest absolute Gasteiger partial charge is 0.456 e. The fourth-order valence-corrected chi connectivity index (χ4v) is 11.0. The second-order valence-electron chi connectivity index (χ2n) is 18.0. The molecule has 0 unspecified atom stereocenters. The molecular weight excluding hydrogens is 835 g/mol. The van der Waals surface area contributed by atoms with E-state index in [1.165, 1.54) is 55.6 Å². The Balaban J connectivity index is 0.938. The van der Waals surface area contributed by atoms with Gasteiger partial charge in [-0.2, -0.15) is 0 Å². The molecule has 0 atom stereocenters. The van der Waals surface area contributed by atoms with E-state index in [-0.39, 0.29) is 0 Å². The summed E-state index contributed by atoms with van der Waals surface area (Å²) in [5.41, 5.74) is 21.7. The van der Waals surface area contributed by atoms with E-state index in [0.29, 0.717) is 0 Å². The molecule has 2 nitrogen and oxygen atoms in total. The highest BCUT2D eigenvalue weighted by Gasteiger charge is 2.46. The number of anilines is 3. The summed E-state index contributed by atoms with van der Waals surface area (Å²) < 4.78 is 6.18. The second kappa shape index (κ2) is 16.7. The van der Waals surface area contributed by atoms with Crippen molar-refractivity contribution >= 4 is 39.0 Å². The van der Waals surface area contributed by atoms with Crippen molar-refractivity contribution in [3.63, 3.8) is 0 Å². The van der Waals surface area contributed by atoms with Crippen LogP contribution in [0.5, 0.6) is 0 Å². The molecule has 0 saturated carbocycles. The lowest BCUT2D eigenvalue weighted by Crippen LogP contribution is -2.28. The summed E-state index contributed by atoms with van der Waals surface area (Å²) in [5, 5.41) is 2.25. The zero-order valence-electron chi connectivity index (χ0n) is 37.8. The van der Waals surface area contributed by atoms with Gasteiger partial charge >= 0.3 is 0 Å². The van der Waals surface area contributed by atoms with Crippen LogP contribution in [0.3, 0.4) is 0 Å². The van der Waals surface area contributed by atoms with Gasteiger partial charge < -0.3 is 9.32 Å². The number of para-hydroxylation sites is 2. The topological polar surface area (TPSA) is 16.4 Å². The van der Waals surface area contributed by atoms with Gasteiger partial charge in [0, 0.05) is 27.7 Å². The van der Waals surface area contributed by atoms with Gasteiger partial charge in [0.15, 0.2) is 0 Å². The van der Waals surface area contributed by atoms with Crippen LogP contribution in [0.15, 0.2) is 277 Å². The lowest BCUT2D eigenvalue weighted by molar-refractivity contribution is 0.669. The summed E-state index contributed by atoms with van der Waals surface area (Å²) in [6.45, 7) is 0.